The van der Waals surface area contributed by atoms with Gasteiger partial charge in [-0.25, -0.2) is 4.79 Å². The minimum atomic E-state index is -3.58. The van der Waals surface area contributed by atoms with E-state index in [9.17, 15) is 23.3 Å². The average molecular weight is 345 g/mol. The van der Waals surface area contributed by atoms with Gasteiger partial charge >= 0.3 is 5.97 Å². The highest BCUT2D eigenvalue weighted by atomic mass is 32.2. The number of carbonyl (C=O) groups excluding carboxylic acids is 1. The SMILES string of the molecule is Cc1ccc(C(=O)OCCN(C)S(=O)(=O)N(C)C)cc1[N+](=O)[O-]. The van der Waals surface area contributed by atoms with Gasteiger partial charge in [-0.15, -0.1) is 0 Å². The van der Waals surface area contributed by atoms with Crippen molar-refractivity contribution in [1.29, 1.82) is 0 Å². The summed E-state index contributed by atoms with van der Waals surface area (Å²) in [4.78, 5) is 22.1. The Kier molecular flexibility index (Phi) is 6.19. The Morgan fingerprint density at radius 1 is 1.30 bits per heavy atom. The minimum Gasteiger partial charge on any atom is -0.461 e. The van der Waals surface area contributed by atoms with Gasteiger partial charge in [0.15, 0.2) is 0 Å². The van der Waals surface area contributed by atoms with Crippen molar-refractivity contribution < 1.29 is 22.9 Å². The van der Waals surface area contributed by atoms with E-state index in [0.717, 1.165) is 14.7 Å². The van der Waals surface area contributed by atoms with E-state index in [2.05, 4.69) is 0 Å². The van der Waals surface area contributed by atoms with E-state index in [4.69, 9.17) is 4.74 Å². The Hall–Kier alpha value is -2.04. The first-order valence-electron chi connectivity index (χ1n) is 6.63. The summed E-state index contributed by atoms with van der Waals surface area (Å²) in [7, 11) is 0.568. The van der Waals surface area contributed by atoms with Crippen LogP contribution in [0.3, 0.4) is 0 Å². The van der Waals surface area contributed by atoms with E-state index < -0.39 is 21.1 Å². The molecule has 0 radical (unpaired) electrons. The van der Waals surface area contributed by atoms with E-state index in [1.54, 1.807) is 6.92 Å². The lowest BCUT2D eigenvalue weighted by atomic mass is 10.1. The maximum absolute atomic E-state index is 11.9. The van der Waals surface area contributed by atoms with Crippen LogP contribution in [0, 0.1) is 17.0 Å². The zero-order chi connectivity index (χ0) is 17.8. The normalized spacial score (nSPS) is 11.7. The Labute approximate surface area is 134 Å². The molecule has 0 bridgehead atoms. The summed E-state index contributed by atoms with van der Waals surface area (Å²) in [6.45, 7) is 1.37. The standard InChI is InChI=1S/C13H19N3O6S/c1-10-5-6-11(9-12(10)16(18)19)13(17)22-8-7-15(4)23(20,21)14(2)3/h5-6,9H,7-8H2,1-4H3. The molecule has 0 saturated carbocycles. The van der Waals surface area contributed by atoms with Gasteiger partial charge < -0.3 is 4.74 Å². The van der Waals surface area contributed by atoms with Crippen molar-refractivity contribution in [3.05, 3.63) is 39.4 Å². The first kappa shape index (κ1) is 19.0. The van der Waals surface area contributed by atoms with Gasteiger partial charge in [-0.3, -0.25) is 10.1 Å². The molecule has 0 aliphatic heterocycles. The Morgan fingerprint density at radius 3 is 2.43 bits per heavy atom. The monoisotopic (exact) mass is 345 g/mol. The van der Waals surface area contributed by atoms with Gasteiger partial charge in [-0.2, -0.15) is 17.0 Å². The number of aryl methyl sites for hydroxylation is 1. The number of ether oxygens (including phenoxy) is 1. The van der Waals surface area contributed by atoms with Gasteiger partial charge in [-0.1, -0.05) is 6.07 Å². The van der Waals surface area contributed by atoms with Crippen molar-refractivity contribution in [2.24, 2.45) is 0 Å². The molecule has 0 aliphatic rings. The zero-order valence-electron chi connectivity index (χ0n) is 13.3. The van der Waals surface area contributed by atoms with E-state index in [-0.39, 0.29) is 24.4 Å². The van der Waals surface area contributed by atoms with Crippen LogP contribution in [0.5, 0.6) is 0 Å². The van der Waals surface area contributed by atoms with Crippen LogP contribution in [0.4, 0.5) is 5.69 Å². The molecule has 23 heavy (non-hydrogen) atoms. The summed E-state index contributed by atoms with van der Waals surface area (Å²) in [5, 5.41) is 10.8. The fourth-order valence-corrected chi connectivity index (χ4v) is 2.54. The first-order chi connectivity index (χ1) is 10.6. The average Bonchev–Trinajstić information content (AvgIpc) is 2.46. The molecule has 0 fully saturated rings. The third-order valence-electron chi connectivity index (χ3n) is 3.14. The van der Waals surface area contributed by atoms with Gasteiger partial charge in [0, 0.05) is 39.3 Å². The van der Waals surface area contributed by atoms with Crippen LogP contribution in [-0.2, 0) is 14.9 Å². The number of nitro groups is 1. The fourth-order valence-electron chi connectivity index (χ4n) is 1.68. The van der Waals surface area contributed by atoms with Crippen LogP contribution in [0.2, 0.25) is 0 Å². The van der Waals surface area contributed by atoms with E-state index >= 15 is 0 Å². The summed E-state index contributed by atoms with van der Waals surface area (Å²) < 4.78 is 30.6. The maximum Gasteiger partial charge on any atom is 0.338 e. The summed E-state index contributed by atoms with van der Waals surface area (Å²) >= 11 is 0. The number of hydrogen-bond acceptors (Lipinski definition) is 6. The Bertz CT molecular complexity index is 702. The van der Waals surface area contributed by atoms with Crippen LogP contribution < -0.4 is 0 Å². The number of benzene rings is 1. The molecular formula is C13H19N3O6S. The fraction of sp³-hybridized carbons (Fsp3) is 0.462. The van der Waals surface area contributed by atoms with Gasteiger partial charge in [0.05, 0.1) is 10.5 Å². The van der Waals surface area contributed by atoms with Gasteiger partial charge in [-0.05, 0) is 13.0 Å². The second-order valence-corrected chi connectivity index (χ2v) is 7.26. The summed E-state index contributed by atoms with van der Waals surface area (Å²) in [6.07, 6.45) is 0. The Morgan fingerprint density at radius 2 is 1.91 bits per heavy atom. The lowest BCUT2D eigenvalue weighted by Crippen LogP contribution is -2.39. The largest absolute Gasteiger partial charge is 0.461 e. The van der Waals surface area contributed by atoms with Crippen LogP contribution in [0.15, 0.2) is 18.2 Å². The number of carbonyl (C=O) groups is 1. The van der Waals surface area contributed by atoms with Crippen molar-refractivity contribution in [2.45, 2.75) is 6.92 Å². The quantitative estimate of drug-likeness (QED) is 0.411. The molecule has 10 heteroatoms. The topological polar surface area (TPSA) is 110 Å². The summed E-state index contributed by atoms with van der Waals surface area (Å²) in [5.74, 6) is -0.747. The van der Waals surface area contributed by atoms with Crippen molar-refractivity contribution in [2.75, 3.05) is 34.3 Å². The number of esters is 1. The van der Waals surface area contributed by atoms with Crippen LogP contribution >= 0.6 is 0 Å². The highest BCUT2D eigenvalue weighted by molar-refractivity contribution is 7.86. The maximum atomic E-state index is 11.9. The molecule has 0 atom stereocenters. The van der Waals surface area contributed by atoms with Gasteiger partial charge in [0.25, 0.3) is 15.9 Å². The van der Waals surface area contributed by atoms with Gasteiger partial charge in [0.1, 0.15) is 6.61 Å². The third-order valence-corrected chi connectivity index (χ3v) is 5.03. The predicted octanol–water partition coefficient (Wildman–Crippen LogP) is 0.798. The molecule has 0 saturated heterocycles. The Balaban J connectivity index is 2.68. The molecule has 0 aliphatic carbocycles. The van der Waals surface area contributed by atoms with Crippen LogP contribution in [-0.4, -0.2) is 62.2 Å². The molecule has 0 spiro atoms. The van der Waals surface area contributed by atoms with E-state index in [1.807, 2.05) is 0 Å². The highest BCUT2D eigenvalue weighted by Gasteiger charge is 2.21. The highest BCUT2D eigenvalue weighted by Crippen LogP contribution is 2.19. The molecule has 1 aromatic rings. The molecule has 1 rings (SSSR count). The molecule has 0 heterocycles. The zero-order valence-corrected chi connectivity index (χ0v) is 14.2. The second kappa shape index (κ2) is 7.49. The van der Waals surface area contributed by atoms with E-state index in [0.29, 0.717) is 5.56 Å². The van der Waals surface area contributed by atoms with Crippen molar-refractivity contribution in [3.63, 3.8) is 0 Å². The molecule has 0 amide bonds. The van der Waals surface area contributed by atoms with Crippen molar-refractivity contribution in [3.8, 4) is 0 Å². The summed E-state index contributed by atoms with van der Waals surface area (Å²) in [6, 6.07) is 4.01. The number of likely N-dealkylation sites (N-methyl/N-ethyl adjacent to an activating group) is 1. The number of nitro benzene ring substituents is 1. The molecule has 1 aromatic carbocycles. The third kappa shape index (κ3) is 4.71. The van der Waals surface area contributed by atoms with Gasteiger partial charge in [0.2, 0.25) is 0 Å². The van der Waals surface area contributed by atoms with E-state index in [1.165, 1.54) is 33.3 Å². The molecule has 0 unspecified atom stereocenters. The molecule has 0 aromatic heterocycles. The lowest BCUT2D eigenvalue weighted by molar-refractivity contribution is -0.385. The lowest BCUT2D eigenvalue weighted by Gasteiger charge is -2.21. The molecule has 128 valence electrons. The van der Waals surface area contributed by atoms with Crippen LogP contribution in [0.1, 0.15) is 15.9 Å². The van der Waals surface area contributed by atoms with Crippen LogP contribution in [0.25, 0.3) is 0 Å². The minimum absolute atomic E-state index is 0.0276. The second-order valence-electron chi connectivity index (χ2n) is 5.01. The molecular weight excluding hydrogens is 326 g/mol. The molecule has 9 nitrogen and oxygen atoms in total. The molecule has 0 N–H and O–H groups in total. The van der Waals surface area contributed by atoms with Crippen molar-refractivity contribution in [1.82, 2.24) is 8.61 Å². The predicted molar refractivity (Wildman–Crippen MR) is 83.4 cm³/mol. The smallest absolute Gasteiger partial charge is 0.338 e. The first-order valence-corrected chi connectivity index (χ1v) is 8.03. The number of nitrogens with zero attached hydrogens (tertiary/aromatic N) is 3. The summed E-state index contributed by atoms with van der Waals surface area (Å²) in [5.41, 5.74) is 0.301. The number of hydrogen-bond donors (Lipinski definition) is 0. The number of rotatable bonds is 7. The van der Waals surface area contributed by atoms with Crippen molar-refractivity contribution >= 4 is 21.9 Å².